The molecule has 2 aromatic rings. The largest absolute Gasteiger partial charge is 0.484 e. The van der Waals surface area contributed by atoms with Crippen molar-refractivity contribution in [3.8, 4) is 5.75 Å². The summed E-state index contributed by atoms with van der Waals surface area (Å²) in [5.41, 5.74) is 0.594. The number of nitrogens with one attached hydrogen (secondary N) is 1. The van der Waals surface area contributed by atoms with Gasteiger partial charge in [-0.3, -0.25) is 14.2 Å². The summed E-state index contributed by atoms with van der Waals surface area (Å²) in [6.45, 7) is 2.37. The average Bonchev–Trinajstić information content (AvgIpc) is 2.55. The molecule has 1 amide bonds. The zero-order valence-corrected chi connectivity index (χ0v) is 12.8. The molecule has 1 aromatic carbocycles. The first kappa shape index (κ1) is 16.7. The number of aromatic nitrogens is 2. The van der Waals surface area contributed by atoms with Crippen molar-refractivity contribution in [2.24, 2.45) is 0 Å². The van der Waals surface area contributed by atoms with Crippen LogP contribution in [0.15, 0.2) is 41.5 Å². The van der Waals surface area contributed by atoms with Crippen LogP contribution in [0.5, 0.6) is 5.75 Å². The van der Waals surface area contributed by atoms with Crippen LogP contribution in [0.1, 0.15) is 12.6 Å². The van der Waals surface area contributed by atoms with Gasteiger partial charge >= 0.3 is 0 Å². The maximum Gasteiger partial charge on any atom is 0.258 e. The number of hydrogen-bond donors (Lipinski definition) is 1. The maximum absolute atomic E-state index is 12.7. The van der Waals surface area contributed by atoms with E-state index in [-0.39, 0.29) is 23.9 Å². The molecule has 23 heavy (non-hydrogen) atoms. The fraction of sp³-hybridized carbons (Fsp3) is 0.312. The Hall–Kier alpha value is -2.70. The molecule has 122 valence electrons. The van der Waals surface area contributed by atoms with Gasteiger partial charge in [0.25, 0.3) is 11.5 Å². The van der Waals surface area contributed by atoms with Crippen LogP contribution in [0.2, 0.25) is 0 Å². The van der Waals surface area contributed by atoms with E-state index in [9.17, 15) is 14.0 Å². The average molecular weight is 319 g/mol. The van der Waals surface area contributed by atoms with Crippen molar-refractivity contribution >= 4 is 5.91 Å². The molecule has 0 atom stereocenters. The van der Waals surface area contributed by atoms with Gasteiger partial charge in [-0.2, -0.15) is 0 Å². The number of amides is 1. The fourth-order valence-electron chi connectivity index (χ4n) is 1.87. The number of ether oxygens (including phenoxy) is 1. The molecule has 0 bridgehead atoms. The van der Waals surface area contributed by atoms with Crippen LogP contribution in [-0.4, -0.2) is 28.6 Å². The van der Waals surface area contributed by atoms with Crippen molar-refractivity contribution in [3.05, 3.63) is 58.5 Å². The van der Waals surface area contributed by atoms with Gasteiger partial charge in [0.1, 0.15) is 11.6 Å². The number of hydrogen-bond acceptors (Lipinski definition) is 4. The van der Waals surface area contributed by atoms with Crippen LogP contribution in [0.4, 0.5) is 4.39 Å². The molecule has 0 saturated carbocycles. The van der Waals surface area contributed by atoms with Gasteiger partial charge in [0.05, 0.1) is 6.33 Å². The first-order chi connectivity index (χ1) is 11.1. The first-order valence-corrected chi connectivity index (χ1v) is 7.29. The van der Waals surface area contributed by atoms with Gasteiger partial charge in [-0.05, 0) is 30.7 Å². The van der Waals surface area contributed by atoms with Crippen molar-refractivity contribution in [3.63, 3.8) is 0 Å². The zero-order valence-electron chi connectivity index (χ0n) is 12.8. The Balaban J connectivity index is 1.74. The number of nitrogens with zero attached hydrogens (tertiary/aromatic N) is 2. The highest BCUT2D eigenvalue weighted by Crippen LogP contribution is 2.10. The van der Waals surface area contributed by atoms with E-state index in [0.717, 1.165) is 5.69 Å². The summed E-state index contributed by atoms with van der Waals surface area (Å²) >= 11 is 0. The highest BCUT2D eigenvalue weighted by Gasteiger charge is 2.04. The molecule has 0 fully saturated rings. The van der Waals surface area contributed by atoms with E-state index in [1.165, 1.54) is 41.2 Å². The Morgan fingerprint density at radius 3 is 2.74 bits per heavy atom. The van der Waals surface area contributed by atoms with Crippen LogP contribution in [0, 0.1) is 5.82 Å². The molecule has 0 aliphatic rings. The van der Waals surface area contributed by atoms with Gasteiger partial charge < -0.3 is 10.1 Å². The number of carbonyl (C=O) groups excluding carboxylic acids is 1. The van der Waals surface area contributed by atoms with Crippen molar-refractivity contribution in [1.82, 2.24) is 14.9 Å². The van der Waals surface area contributed by atoms with E-state index in [2.05, 4.69) is 10.3 Å². The molecule has 1 heterocycles. The van der Waals surface area contributed by atoms with Crippen molar-refractivity contribution in [2.75, 3.05) is 13.2 Å². The molecule has 7 heteroatoms. The summed E-state index contributed by atoms with van der Waals surface area (Å²) in [4.78, 5) is 27.5. The summed E-state index contributed by atoms with van der Waals surface area (Å²) in [5.74, 6) is -0.271. The van der Waals surface area contributed by atoms with Crippen LogP contribution >= 0.6 is 0 Å². The fourth-order valence-corrected chi connectivity index (χ4v) is 1.87. The smallest absolute Gasteiger partial charge is 0.258 e. The second-order valence-corrected chi connectivity index (χ2v) is 4.86. The minimum atomic E-state index is -0.366. The second-order valence-electron chi connectivity index (χ2n) is 4.86. The Bertz CT molecular complexity index is 713. The van der Waals surface area contributed by atoms with E-state index in [1.807, 2.05) is 6.92 Å². The van der Waals surface area contributed by atoms with Gasteiger partial charge in [-0.1, -0.05) is 6.92 Å². The molecular formula is C16H18FN3O3. The van der Waals surface area contributed by atoms with E-state index >= 15 is 0 Å². The lowest BCUT2D eigenvalue weighted by Gasteiger charge is -2.09. The number of carbonyl (C=O) groups is 1. The summed E-state index contributed by atoms with van der Waals surface area (Å²) in [5, 5.41) is 2.64. The number of halogens is 1. The first-order valence-electron chi connectivity index (χ1n) is 7.29. The molecule has 0 saturated heterocycles. The number of benzene rings is 1. The standard InChI is InChI=1S/C16H18FN3O3/c1-2-13-9-16(22)20(11-19-13)8-7-18-15(21)10-23-14-5-3-12(17)4-6-14/h3-6,9,11H,2,7-8,10H2,1H3,(H,18,21). The third-order valence-electron chi connectivity index (χ3n) is 3.16. The van der Waals surface area contributed by atoms with Gasteiger partial charge in [-0.25, -0.2) is 9.37 Å². The minimum Gasteiger partial charge on any atom is -0.484 e. The quantitative estimate of drug-likeness (QED) is 0.830. The normalized spacial score (nSPS) is 10.3. The van der Waals surface area contributed by atoms with Gasteiger partial charge in [-0.15, -0.1) is 0 Å². The maximum atomic E-state index is 12.7. The predicted molar refractivity (Wildman–Crippen MR) is 82.8 cm³/mol. The zero-order chi connectivity index (χ0) is 16.7. The SMILES string of the molecule is CCc1cc(=O)n(CCNC(=O)COc2ccc(F)cc2)cn1. The van der Waals surface area contributed by atoms with Gasteiger partial charge in [0, 0.05) is 24.8 Å². The highest BCUT2D eigenvalue weighted by molar-refractivity contribution is 5.77. The van der Waals surface area contributed by atoms with Crippen LogP contribution in [-0.2, 0) is 17.8 Å². The molecule has 1 aromatic heterocycles. The summed E-state index contributed by atoms with van der Waals surface area (Å²) in [7, 11) is 0. The van der Waals surface area contributed by atoms with Gasteiger partial charge in [0.15, 0.2) is 6.61 Å². The third-order valence-corrected chi connectivity index (χ3v) is 3.16. The van der Waals surface area contributed by atoms with E-state index in [1.54, 1.807) is 0 Å². The molecule has 0 aliphatic carbocycles. The topological polar surface area (TPSA) is 73.2 Å². The molecule has 6 nitrogen and oxygen atoms in total. The predicted octanol–water partition coefficient (Wildman–Crippen LogP) is 1.14. The molecule has 1 N–H and O–H groups in total. The molecule has 0 spiro atoms. The summed E-state index contributed by atoms with van der Waals surface area (Å²) in [6, 6.07) is 6.89. The van der Waals surface area contributed by atoms with Crippen molar-refractivity contribution in [1.29, 1.82) is 0 Å². The molecule has 0 aliphatic heterocycles. The number of rotatable bonds is 7. The molecule has 0 radical (unpaired) electrons. The van der Waals surface area contributed by atoms with Gasteiger partial charge in [0.2, 0.25) is 0 Å². The molecular weight excluding hydrogens is 301 g/mol. The Morgan fingerprint density at radius 1 is 1.35 bits per heavy atom. The Labute approximate surface area is 132 Å². The number of aryl methyl sites for hydroxylation is 1. The van der Waals surface area contributed by atoms with Crippen LogP contribution in [0.25, 0.3) is 0 Å². The minimum absolute atomic E-state index is 0.145. The van der Waals surface area contributed by atoms with E-state index in [0.29, 0.717) is 25.3 Å². The van der Waals surface area contributed by atoms with Crippen molar-refractivity contribution in [2.45, 2.75) is 19.9 Å². The monoisotopic (exact) mass is 319 g/mol. The Kier molecular flexibility index (Phi) is 5.85. The third kappa shape index (κ3) is 5.21. The molecule has 0 unspecified atom stereocenters. The summed E-state index contributed by atoms with van der Waals surface area (Å²) in [6.07, 6.45) is 2.18. The lowest BCUT2D eigenvalue weighted by atomic mass is 10.3. The van der Waals surface area contributed by atoms with Crippen LogP contribution in [0.3, 0.4) is 0 Å². The lowest BCUT2D eigenvalue weighted by Crippen LogP contribution is -2.33. The molecule has 2 rings (SSSR count). The second kappa shape index (κ2) is 8.07. The highest BCUT2D eigenvalue weighted by atomic mass is 19.1. The summed E-state index contributed by atoms with van der Waals surface area (Å²) < 4.78 is 19.4. The Morgan fingerprint density at radius 2 is 2.09 bits per heavy atom. The van der Waals surface area contributed by atoms with Crippen LogP contribution < -0.4 is 15.6 Å². The lowest BCUT2D eigenvalue weighted by molar-refractivity contribution is -0.123. The van der Waals surface area contributed by atoms with E-state index < -0.39 is 0 Å². The van der Waals surface area contributed by atoms with E-state index in [4.69, 9.17) is 4.74 Å². The van der Waals surface area contributed by atoms with Crippen molar-refractivity contribution < 1.29 is 13.9 Å².